The molecule has 9 rings (SSSR count). The van der Waals surface area contributed by atoms with Gasteiger partial charge in [0.1, 0.15) is 11.2 Å². The van der Waals surface area contributed by atoms with Crippen molar-refractivity contribution in [2.24, 2.45) is 0 Å². The number of furan rings is 1. The van der Waals surface area contributed by atoms with E-state index in [1.807, 2.05) is 0 Å². The van der Waals surface area contributed by atoms with Gasteiger partial charge < -0.3 is 4.42 Å². The topological polar surface area (TPSA) is 13.1 Å². The lowest BCUT2D eigenvalue weighted by Gasteiger charge is -2.17. The standard InChI is InChI=1S/C38H22OS/c1-3-13-31-29(11-1)37(23-17-19-26-25-9-5-7-15-33(25)39-34(26)21-23)30-12-2-4-14-32(30)38(31)24-18-20-28-27-10-6-8-16-35(27)40-36(28)22-24/h1-22H/i1D,2D,3D,4D,5D,6D,7D,8D,9D,10D,11D,12D,13D,14D,15D,16D,17D,18D,19D,20D,21D,22D. The number of rotatable bonds is 2. The second kappa shape index (κ2) is 8.29. The largest absolute Gasteiger partial charge is 0.456 e. The van der Waals surface area contributed by atoms with E-state index in [-0.39, 0.29) is 30.9 Å². The molecule has 2 heteroatoms. The number of fused-ring (bicyclic) bond motifs is 8. The zero-order valence-electron chi connectivity index (χ0n) is 41.8. The Hall–Kier alpha value is -4.92. The molecule has 0 bridgehead atoms. The molecule has 7 aromatic carbocycles. The maximum Gasteiger partial charge on any atom is 0.136 e. The van der Waals surface area contributed by atoms with Gasteiger partial charge in [-0.25, -0.2) is 0 Å². The average molecular weight is 549 g/mol. The zero-order valence-corrected chi connectivity index (χ0v) is 20.6. The van der Waals surface area contributed by atoms with Gasteiger partial charge in [0.15, 0.2) is 0 Å². The molecule has 2 heterocycles. The fourth-order valence-corrected chi connectivity index (χ4v) is 5.94. The van der Waals surface area contributed by atoms with Gasteiger partial charge in [0.2, 0.25) is 0 Å². The first-order valence-corrected chi connectivity index (χ1v) is 12.6. The molecule has 0 saturated heterocycles. The van der Waals surface area contributed by atoms with Crippen LogP contribution in [0.2, 0.25) is 0 Å². The highest BCUT2D eigenvalue weighted by molar-refractivity contribution is 7.25. The van der Waals surface area contributed by atoms with Crippen LogP contribution in [-0.4, -0.2) is 0 Å². The first kappa shape index (κ1) is 9.62. The van der Waals surface area contributed by atoms with Crippen molar-refractivity contribution in [3.05, 3.63) is 133 Å². The van der Waals surface area contributed by atoms with Crippen molar-refractivity contribution in [2.45, 2.75) is 0 Å². The molecule has 0 saturated carbocycles. The van der Waals surface area contributed by atoms with E-state index in [0.717, 1.165) is 0 Å². The predicted molar refractivity (Wildman–Crippen MR) is 172 cm³/mol. The lowest BCUT2D eigenvalue weighted by atomic mass is 9.86. The Labute approximate surface area is 265 Å². The number of para-hydroxylation sites is 1. The highest BCUT2D eigenvalue weighted by atomic mass is 32.1. The number of hydrogen-bond donors (Lipinski definition) is 0. The Kier molecular flexibility index (Phi) is 1.99. The van der Waals surface area contributed by atoms with Gasteiger partial charge in [0, 0.05) is 30.9 Å². The average Bonchev–Trinajstić information content (AvgIpc) is 3.86. The summed E-state index contributed by atoms with van der Waals surface area (Å²) in [5, 5.41) is -3.30. The molecule has 40 heavy (non-hydrogen) atoms. The molecular weight excluding hydrogens is 504 g/mol. The van der Waals surface area contributed by atoms with E-state index in [1.54, 1.807) is 0 Å². The van der Waals surface area contributed by atoms with E-state index in [2.05, 4.69) is 0 Å². The maximum absolute atomic E-state index is 9.56. The number of hydrogen-bond acceptors (Lipinski definition) is 2. The summed E-state index contributed by atoms with van der Waals surface area (Å²) in [5.74, 6) is 0. The summed E-state index contributed by atoms with van der Waals surface area (Å²) in [6.45, 7) is 0. The smallest absolute Gasteiger partial charge is 0.136 e. The van der Waals surface area contributed by atoms with Crippen molar-refractivity contribution < 1.29 is 34.6 Å². The van der Waals surface area contributed by atoms with E-state index >= 15 is 0 Å². The summed E-state index contributed by atoms with van der Waals surface area (Å²) in [7, 11) is 0. The summed E-state index contributed by atoms with van der Waals surface area (Å²) in [4.78, 5) is 0. The maximum atomic E-state index is 9.56. The summed E-state index contributed by atoms with van der Waals surface area (Å²) in [5.41, 5.74) is -3.30. The van der Waals surface area contributed by atoms with E-state index in [1.165, 1.54) is 0 Å². The monoisotopic (exact) mass is 548 g/mol. The zero-order chi connectivity index (χ0) is 45.4. The van der Waals surface area contributed by atoms with Gasteiger partial charge in [-0.1, -0.05) is 103 Å². The molecule has 2 aromatic heterocycles. The first-order valence-electron chi connectivity index (χ1n) is 22.8. The molecule has 0 amide bonds. The van der Waals surface area contributed by atoms with Crippen LogP contribution in [0.15, 0.2) is 137 Å². The Morgan fingerprint density at radius 2 is 0.875 bits per heavy atom. The first-order chi connectivity index (χ1) is 29.0. The van der Waals surface area contributed by atoms with Gasteiger partial charge in [-0.15, -0.1) is 11.3 Å². The fourth-order valence-electron chi connectivity index (χ4n) is 4.97. The highest BCUT2D eigenvalue weighted by Crippen LogP contribution is 2.46. The Morgan fingerprint density at radius 3 is 1.55 bits per heavy atom. The van der Waals surface area contributed by atoms with E-state index in [9.17, 15) is 12.3 Å². The van der Waals surface area contributed by atoms with Crippen LogP contribution in [0.1, 0.15) is 30.2 Å². The van der Waals surface area contributed by atoms with E-state index in [4.69, 9.17) is 22.2 Å². The highest BCUT2D eigenvalue weighted by Gasteiger charge is 2.18. The van der Waals surface area contributed by atoms with Crippen LogP contribution in [0, 0.1) is 0 Å². The summed E-state index contributed by atoms with van der Waals surface area (Å²) < 4.78 is 201. The minimum atomic E-state index is -0.880. The van der Waals surface area contributed by atoms with Gasteiger partial charge in [-0.2, -0.15) is 0 Å². The molecule has 0 unspecified atom stereocenters. The summed E-state index contributed by atoms with van der Waals surface area (Å²) >= 11 is 0.698. The molecule has 0 aliphatic rings. The molecule has 9 aromatic rings. The fraction of sp³-hybridized carbons (Fsp3) is 0. The molecule has 0 radical (unpaired) electrons. The molecule has 0 N–H and O–H groups in total. The van der Waals surface area contributed by atoms with Gasteiger partial charge in [0.25, 0.3) is 0 Å². The molecule has 186 valence electrons. The van der Waals surface area contributed by atoms with E-state index in [0.29, 0.717) is 11.3 Å². The second-order valence-corrected chi connectivity index (χ2v) is 9.79. The van der Waals surface area contributed by atoms with Crippen LogP contribution in [0.4, 0.5) is 0 Å². The third kappa shape index (κ3) is 3.08. The van der Waals surface area contributed by atoms with Crippen LogP contribution in [0.3, 0.4) is 0 Å². The van der Waals surface area contributed by atoms with E-state index < -0.39 is 188 Å². The summed E-state index contributed by atoms with van der Waals surface area (Å²) in [6.07, 6.45) is 0. The van der Waals surface area contributed by atoms with Crippen LogP contribution >= 0.6 is 11.3 Å². The van der Waals surface area contributed by atoms with Crippen molar-refractivity contribution >= 4 is 75.0 Å². The van der Waals surface area contributed by atoms with Crippen LogP contribution < -0.4 is 0 Å². The van der Waals surface area contributed by atoms with Crippen LogP contribution in [0.25, 0.3) is 85.9 Å². The van der Waals surface area contributed by atoms with Crippen molar-refractivity contribution in [1.82, 2.24) is 0 Å². The molecule has 0 atom stereocenters. The van der Waals surface area contributed by atoms with Crippen LogP contribution in [-0.2, 0) is 0 Å². The van der Waals surface area contributed by atoms with Gasteiger partial charge in [-0.3, -0.25) is 0 Å². The SMILES string of the molecule is [2H]c1c([2H])c([2H])c2c(oc3c([2H])c(-c4c5c([2H])c([2H])c([2H])c([2H])c5c(-c5c([2H])c([2H])c6c(sc7c([2H])c([2H])c([2H])c([2H])c76)c5[2H])c5c([2H])c([2H])c([2H])c([2H])c45)c([2H])c([2H])c32)c1[2H]. The predicted octanol–water partition coefficient (Wildman–Crippen LogP) is 11.6. The molecule has 0 aliphatic heterocycles. The van der Waals surface area contributed by atoms with Crippen molar-refractivity contribution in [3.63, 3.8) is 0 Å². The second-order valence-electron chi connectivity index (χ2n) is 8.77. The van der Waals surface area contributed by atoms with Crippen molar-refractivity contribution in [2.75, 3.05) is 0 Å². The van der Waals surface area contributed by atoms with Gasteiger partial charge in [0.05, 0.1) is 30.2 Å². The molecule has 1 nitrogen and oxygen atoms in total. The minimum Gasteiger partial charge on any atom is -0.456 e. The molecule has 0 aliphatic carbocycles. The third-order valence-electron chi connectivity index (χ3n) is 6.65. The van der Waals surface area contributed by atoms with Gasteiger partial charge >= 0.3 is 0 Å². The molecule has 0 spiro atoms. The third-order valence-corrected chi connectivity index (χ3v) is 7.67. The summed E-state index contributed by atoms with van der Waals surface area (Å²) in [6, 6.07) is -16.4. The molecule has 0 fully saturated rings. The lowest BCUT2D eigenvalue weighted by Crippen LogP contribution is -1.90. The number of benzene rings is 7. The Bertz CT molecular complexity index is 3340. The van der Waals surface area contributed by atoms with Crippen molar-refractivity contribution in [1.29, 1.82) is 0 Å². The normalized spacial score (nSPS) is 19.7. The molecular formula is C38H22OS. The minimum absolute atomic E-state index is 0.0513. The van der Waals surface area contributed by atoms with Gasteiger partial charge in [-0.05, 0) is 74.0 Å². The lowest BCUT2D eigenvalue weighted by molar-refractivity contribution is 0.669. The Morgan fingerprint density at radius 1 is 0.400 bits per heavy atom. The van der Waals surface area contributed by atoms with Crippen LogP contribution in [0.5, 0.6) is 0 Å². The quantitative estimate of drug-likeness (QED) is 0.196. The number of thiophene rings is 1. The van der Waals surface area contributed by atoms with Crippen molar-refractivity contribution in [3.8, 4) is 22.3 Å². The Balaban J connectivity index is 1.59.